The number of nitrogens with one attached hydrogen (secondary N) is 1. The number of carbonyl (C=O) groups excluding carboxylic acids is 1. The first kappa shape index (κ1) is 18.8. The Morgan fingerprint density at radius 1 is 1.11 bits per heavy atom. The Morgan fingerprint density at radius 2 is 1.81 bits per heavy atom. The van der Waals surface area contributed by atoms with Gasteiger partial charge in [0.05, 0.1) is 15.6 Å². The molecule has 1 aromatic heterocycles. The fourth-order valence-corrected chi connectivity index (χ4v) is 3.09. The summed E-state index contributed by atoms with van der Waals surface area (Å²) in [7, 11) is 0. The molecule has 3 rings (SSSR count). The summed E-state index contributed by atoms with van der Waals surface area (Å²) >= 11 is 12.4. The van der Waals surface area contributed by atoms with E-state index < -0.39 is 5.91 Å². The zero-order chi connectivity index (χ0) is 19.4. The molecule has 2 aromatic carbocycles. The maximum atomic E-state index is 12.4. The molecule has 3 aromatic rings. The lowest BCUT2D eigenvalue weighted by Gasteiger charge is -2.05. The summed E-state index contributed by atoms with van der Waals surface area (Å²) in [6.45, 7) is 1.92. The van der Waals surface area contributed by atoms with Crippen LogP contribution in [-0.2, 0) is 4.79 Å². The van der Waals surface area contributed by atoms with Gasteiger partial charge in [-0.25, -0.2) is 0 Å². The Bertz CT molecular complexity index is 1060. The number of anilines is 1. The normalized spacial score (nSPS) is 11.1. The molecule has 0 radical (unpaired) electrons. The Balaban J connectivity index is 1.86. The van der Waals surface area contributed by atoms with Crippen molar-refractivity contribution in [1.82, 2.24) is 0 Å². The lowest BCUT2D eigenvalue weighted by molar-refractivity contribution is -0.112. The van der Waals surface area contributed by atoms with Crippen molar-refractivity contribution < 1.29 is 9.21 Å². The first-order valence-corrected chi connectivity index (χ1v) is 8.77. The summed E-state index contributed by atoms with van der Waals surface area (Å²) in [4.78, 5) is 12.4. The number of carbonyl (C=O) groups is 1. The molecule has 0 atom stereocenters. The Morgan fingerprint density at radius 3 is 2.48 bits per heavy atom. The molecule has 0 aliphatic heterocycles. The number of aryl methyl sites for hydroxylation is 1. The SMILES string of the molecule is Cc1cccc(NC(=O)C(C#N)=Cc2ccc(-c3c(Cl)cccc3Cl)o2)c1. The molecule has 0 bridgehead atoms. The average Bonchev–Trinajstić information content (AvgIpc) is 3.07. The average molecular weight is 397 g/mol. The molecule has 0 unspecified atom stereocenters. The van der Waals surface area contributed by atoms with Crippen LogP contribution in [0.3, 0.4) is 0 Å². The van der Waals surface area contributed by atoms with Crippen molar-refractivity contribution >= 4 is 40.9 Å². The van der Waals surface area contributed by atoms with Crippen LogP contribution in [0.4, 0.5) is 5.69 Å². The van der Waals surface area contributed by atoms with Crippen molar-refractivity contribution in [1.29, 1.82) is 5.26 Å². The molecule has 134 valence electrons. The molecular formula is C21H14Cl2N2O2. The topological polar surface area (TPSA) is 66.0 Å². The molecule has 0 aliphatic carbocycles. The highest BCUT2D eigenvalue weighted by atomic mass is 35.5. The maximum Gasteiger partial charge on any atom is 0.266 e. The number of hydrogen-bond donors (Lipinski definition) is 1. The van der Waals surface area contributed by atoms with Gasteiger partial charge in [0.1, 0.15) is 23.2 Å². The fraction of sp³-hybridized carbons (Fsp3) is 0.0476. The van der Waals surface area contributed by atoms with Crippen molar-refractivity contribution in [3.8, 4) is 17.4 Å². The van der Waals surface area contributed by atoms with Crippen LogP contribution in [-0.4, -0.2) is 5.91 Å². The van der Waals surface area contributed by atoms with Gasteiger partial charge in [0.25, 0.3) is 5.91 Å². The van der Waals surface area contributed by atoms with Crippen LogP contribution in [0.5, 0.6) is 0 Å². The van der Waals surface area contributed by atoms with Gasteiger partial charge in [0.15, 0.2) is 0 Å². The van der Waals surface area contributed by atoms with E-state index in [1.54, 1.807) is 36.4 Å². The largest absolute Gasteiger partial charge is 0.457 e. The number of nitrogens with zero attached hydrogens (tertiary/aromatic N) is 1. The van der Waals surface area contributed by atoms with Crippen molar-refractivity contribution in [3.63, 3.8) is 0 Å². The van der Waals surface area contributed by atoms with Gasteiger partial charge in [-0.1, -0.05) is 41.4 Å². The van der Waals surface area contributed by atoms with Crippen LogP contribution >= 0.6 is 23.2 Å². The number of benzene rings is 2. The number of hydrogen-bond acceptors (Lipinski definition) is 3. The predicted molar refractivity (Wildman–Crippen MR) is 108 cm³/mol. The molecule has 27 heavy (non-hydrogen) atoms. The first-order valence-electron chi connectivity index (χ1n) is 8.02. The van der Waals surface area contributed by atoms with E-state index in [9.17, 15) is 10.1 Å². The van der Waals surface area contributed by atoms with Gasteiger partial charge in [-0.05, 0) is 48.9 Å². The van der Waals surface area contributed by atoms with Crippen LogP contribution in [0.1, 0.15) is 11.3 Å². The van der Waals surface area contributed by atoms with Crippen LogP contribution < -0.4 is 5.32 Å². The van der Waals surface area contributed by atoms with E-state index in [1.165, 1.54) is 6.08 Å². The van der Waals surface area contributed by atoms with E-state index in [0.29, 0.717) is 32.8 Å². The summed E-state index contributed by atoms with van der Waals surface area (Å²) in [6, 6.07) is 17.7. The van der Waals surface area contributed by atoms with Crippen LogP contribution in [0.25, 0.3) is 17.4 Å². The van der Waals surface area contributed by atoms with Gasteiger partial charge in [-0.15, -0.1) is 0 Å². The third-order valence-corrected chi connectivity index (χ3v) is 4.39. The molecule has 0 aliphatic rings. The highest BCUT2D eigenvalue weighted by Crippen LogP contribution is 2.35. The van der Waals surface area contributed by atoms with Crippen LogP contribution in [0.15, 0.2) is 64.6 Å². The molecule has 4 nitrogen and oxygen atoms in total. The van der Waals surface area contributed by atoms with E-state index >= 15 is 0 Å². The molecule has 0 saturated heterocycles. The Kier molecular flexibility index (Phi) is 5.66. The Hall–Kier alpha value is -3.00. The number of halogens is 2. The van der Waals surface area contributed by atoms with Crippen molar-refractivity contribution in [3.05, 3.63) is 81.5 Å². The second-order valence-electron chi connectivity index (χ2n) is 5.79. The first-order chi connectivity index (χ1) is 13.0. The van der Waals surface area contributed by atoms with Gasteiger partial charge in [-0.3, -0.25) is 4.79 Å². The van der Waals surface area contributed by atoms with E-state index in [4.69, 9.17) is 27.6 Å². The molecule has 6 heteroatoms. The molecule has 1 N–H and O–H groups in total. The third-order valence-electron chi connectivity index (χ3n) is 3.76. The van der Waals surface area contributed by atoms with E-state index in [0.717, 1.165) is 5.56 Å². The van der Waals surface area contributed by atoms with Gasteiger partial charge < -0.3 is 9.73 Å². The van der Waals surface area contributed by atoms with Gasteiger partial charge in [0.2, 0.25) is 0 Å². The maximum absolute atomic E-state index is 12.4. The summed E-state index contributed by atoms with van der Waals surface area (Å²) in [6.07, 6.45) is 1.37. The summed E-state index contributed by atoms with van der Waals surface area (Å²) in [5.74, 6) is 0.280. The number of rotatable bonds is 4. The minimum absolute atomic E-state index is 0.0809. The quantitative estimate of drug-likeness (QED) is 0.427. The van der Waals surface area contributed by atoms with Crippen molar-refractivity contribution in [2.45, 2.75) is 6.92 Å². The van der Waals surface area contributed by atoms with Crippen molar-refractivity contribution in [2.75, 3.05) is 5.32 Å². The van der Waals surface area contributed by atoms with E-state index in [2.05, 4.69) is 5.32 Å². The zero-order valence-corrected chi connectivity index (χ0v) is 15.8. The van der Waals surface area contributed by atoms with Gasteiger partial charge in [-0.2, -0.15) is 5.26 Å². The molecule has 1 amide bonds. The second kappa shape index (κ2) is 8.13. The number of furan rings is 1. The molecule has 0 spiro atoms. The van der Waals surface area contributed by atoms with Crippen LogP contribution in [0.2, 0.25) is 10.0 Å². The molecule has 0 fully saturated rings. The van der Waals surface area contributed by atoms with E-state index in [1.807, 2.05) is 31.2 Å². The zero-order valence-electron chi connectivity index (χ0n) is 14.3. The smallest absolute Gasteiger partial charge is 0.266 e. The summed E-state index contributed by atoms with van der Waals surface area (Å²) in [5.41, 5.74) is 2.09. The Labute approximate surface area is 166 Å². The van der Waals surface area contributed by atoms with E-state index in [-0.39, 0.29) is 5.57 Å². The standard InChI is InChI=1S/C21H14Cl2N2O2/c1-13-4-2-5-15(10-13)25-21(26)14(12-24)11-16-8-9-19(27-16)20-17(22)6-3-7-18(20)23/h2-11H,1H3,(H,25,26). The van der Waals surface area contributed by atoms with Crippen LogP contribution in [0, 0.1) is 18.3 Å². The molecule has 1 heterocycles. The molecule has 0 saturated carbocycles. The highest BCUT2D eigenvalue weighted by molar-refractivity contribution is 6.39. The van der Waals surface area contributed by atoms with Crippen molar-refractivity contribution in [2.24, 2.45) is 0 Å². The predicted octanol–water partition coefficient (Wildman–Crippen LogP) is 6.11. The lowest BCUT2D eigenvalue weighted by atomic mass is 10.2. The minimum Gasteiger partial charge on any atom is -0.457 e. The number of nitriles is 1. The number of amides is 1. The fourth-order valence-electron chi connectivity index (χ4n) is 2.51. The molecular weight excluding hydrogens is 383 g/mol. The van der Waals surface area contributed by atoms with Gasteiger partial charge >= 0.3 is 0 Å². The summed E-state index contributed by atoms with van der Waals surface area (Å²) in [5, 5.41) is 12.9. The minimum atomic E-state index is -0.517. The monoisotopic (exact) mass is 396 g/mol. The third kappa shape index (κ3) is 4.40. The highest BCUT2D eigenvalue weighted by Gasteiger charge is 2.14. The lowest BCUT2D eigenvalue weighted by Crippen LogP contribution is -2.13. The second-order valence-corrected chi connectivity index (χ2v) is 6.61. The summed E-state index contributed by atoms with van der Waals surface area (Å²) < 4.78 is 5.71. The van der Waals surface area contributed by atoms with Gasteiger partial charge in [0, 0.05) is 11.8 Å².